The lowest BCUT2D eigenvalue weighted by molar-refractivity contribution is -0.189. The summed E-state index contributed by atoms with van der Waals surface area (Å²) in [5, 5.41) is 3.48. The molecule has 31 heavy (non-hydrogen) atoms. The van der Waals surface area contributed by atoms with E-state index in [2.05, 4.69) is 39.5 Å². The Kier molecular flexibility index (Phi) is 10.9. The number of guanidine groups is 1. The number of carbonyl (C=O) groups is 1. The molecule has 1 unspecified atom stereocenters. The van der Waals surface area contributed by atoms with Crippen molar-refractivity contribution in [3.63, 3.8) is 0 Å². The lowest BCUT2D eigenvalue weighted by atomic mass is 9.90. The van der Waals surface area contributed by atoms with Crippen LogP contribution in [0.5, 0.6) is 0 Å². The predicted molar refractivity (Wildman–Crippen MR) is 136 cm³/mol. The molecule has 7 nitrogen and oxygen atoms in total. The van der Waals surface area contributed by atoms with Gasteiger partial charge in [0.15, 0.2) is 11.7 Å². The minimum absolute atomic E-state index is 0. The van der Waals surface area contributed by atoms with Gasteiger partial charge in [0.2, 0.25) is 5.91 Å². The Morgan fingerprint density at radius 3 is 2.68 bits per heavy atom. The number of ether oxygens (including phenoxy) is 2. The van der Waals surface area contributed by atoms with Crippen LogP contribution >= 0.6 is 35.7 Å². The molecule has 0 aliphatic carbocycles. The summed E-state index contributed by atoms with van der Waals surface area (Å²) in [6.45, 7) is 6.00. The molecule has 9 heteroatoms. The molecule has 0 spiro atoms. The first-order valence-electron chi connectivity index (χ1n) is 10.7. The molecule has 0 saturated carbocycles. The first-order chi connectivity index (χ1) is 14.5. The molecule has 2 aliphatic rings. The molecule has 0 bridgehead atoms. The maximum absolute atomic E-state index is 12.1. The second-order valence-corrected chi connectivity index (χ2v) is 9.18. The normalized spacial score (nSPS) is 20.8. The quantitative estimate of drug-likeness (QED) is 0.181. The van der Waals surface area contributed by atoms with Crippen molar-refractivity contribution in [3.05, 3.63) is 30.3 Å². The third-order valence-corrected chi connectivity index (χ3v) is 6.60. The van der Waals surface area contributed by atoms with E-state index in [0.717, 1.165) is 44.2 Å². The number of amides is 1. The monoisotopic (exact) mass is 562 g/mol. The number of nitrogens with one attached hydrogen (secondary N) is 1. The van der Waals surface area contributed by atoms with Crippen molar-refractivity contribution < 1.29 is 14.3 Å². The average molecular weight is 563 g/mol. The minimum Gasteiger partial charge on any atom is -0.355 e. The third-order valence-electron chi connectivity index (χ3n) is 5.58. The van der Waals surface area contributed by atoms with Gasteiger partial charge in [0.1, 0.15) is 6.54 Å². The molecule has 1 atom stereocenters. The second-order valence-electron chi connectivity index (χ2n) is 8.01. The van der Waals surface area contributed by atoms with Gasteiger partial charge >= 0.3 is 0 Å². The van der Waals surface area contributed by atoms with Gasteiger partial charge < -0.3 is 24.6 Å². The molecule has 3 rings (SSSR count). The molecule has 174 valence electrons. The van der Waals surface area contributed by atoms with Crippen molar-refractivity contribution in [3.8, 4) is 0 Å². The van der Waals surface area contributed by atoms with E-state index >= 15 is 0 Å². The van der Waals surface area contributed by atoms with Gasteiger partial charge in [-0.1, -0.05) is 18.2 Å². The summed E-state index contributed by atoms with van der Waals surface area (Å²) in [5.41, 5.74) is 0. The molecule has 0 radical (unpaired) electrons. The van der Waals surface area contributed by atoms with Crippen LogP contribution in [-0.4, -0.2) is 86.7 Å². The number of hydrogen-bond acceptors (Lipinski definition) is 5. The van der Waals surface area contributed by atoms with Gasteiger partial charge in [0, 0.05) is 50.3 Å². The van der Waals surface area contributed by atoms with Crippen molar-refractivity contribution in [1.29, 1.82) is 0 Å². The van der Waals surface area contributed by atoms with Crippen LogP contribution in [0.1, 0.15) is 19.8 Å². The number of aliphatic imine (C=N–C) groups is 1. The van der Waals surface area contributed by atoms with E-state index in [1.165, 1.54) is 4.90 Å². The van der Waals surface area contributed by atoms with Crippen LogP contribution < -0.4 is 5.32 Å². The first-order valence-corrected chi connectivity index (χ1v) is 11.7. The van der Waals surface area contributed by atoms with Crippen LogP contribution in [0.4, 0.5) is 0 Å². The fourth-order valence-electron chi connectivity index (χ4n) is 3.76. The van der Waals surface area contributed by atoms with Crippen LogP contribution in [0.25, 0.3) is 0 Å². The van der Waals surface area contributed by atoms with Crippen LogP contribution in [-0.2, 0) is 14.3 Å². The summed E-state index contributed by atoms with van der Waals surface area (Å²) < 4.78 is 11.8. The summed E-state index contributed by atoms with van der Waals surface area (Å²) in [6.07, 6.45) is 2.12. The van der Waals surface area contributed by atoms with E-state index < -0.39 is 5.79 Å². The molecule has 2 aliphatic heterocycles. The fourth-order valence-corrected chi connectivity index (χ4v) is 4.55. The molecule has 0 aromatic heterocycles. The lowest BCUT2D eigenvalue weighted by Crippen LogP contribution is -2.52. The zero-order chi connectivity index (χ0) is 21.4. The highest BCUT2D eigenvalue weighted by Gasteiger charge is 2.42. The number of piperidine rings is 1. The summed E-state index contributed by atoms with van der Waals surface area (Å²) in [7, 11) is 3.52. The summed E-state index contributed by atoms with van der Waals surface area (Å²) in [4.78, 5) is 21.8. The zero-order valence-electron chi connectivity index (χ0n) is 18.7. The molecule has 1 amide bonds. The zero-order valence-corrected chi connectivity index (χ0v) is 21.9. The Labute approximate surface area is 207 Å². The van der Waals surface area contributed by atoms with E-state index in [1.807, 2.05) is 24.8 Å². The van der Waals surface area contributed by atoms with Gasteiger partial charge in [0.05, 0.1) is 13.2 Å². The Bertz CT molecular complexity index is 714. The Morgan fingerprint density at radius 1 is 1.29 bits per heavy atom. The summed E-state index contributed by atoms with van der Waals surface area (Å²) in [5.74, 6) is 1.48. The van der Waals surface area contributed by atoms with Crippen molar-refractivity contribution in [2.45, 2.75) is 30.4 Å². The van der Waals surface area contributed by atoms with Crippen molar-refractivity contribution in [2.24, 2.45) is 10.9 Å². The number of carbonyl (C=O) groups excluding carboxylic acids is 1. The molecule has 1 aromatic rings. The second kappa shape index (κ2) is 12.9. The van der Waals surface area contributed by atoms with E-state index in [4.69, 9.17) is 9.47 Å². The highest BCUT2D eigenvalue weighted by Crippen LogP contribution is 2.34. The maximum atomic E-state index is 12.1. The van der Waals surface area contributed by atoms with E-state index in [-0.39, 0.29) is 42.3 Å². The lowest BCUT2D eigenvalue weighted by Gasteiger charge is -2.41. The number of benzene rings is 1. The molecule has 2 heterocycles. The number of halogens is 1. The van der Waals surface area contributed by atoms with Crippen molar-refractivity contribution in [1.82, 2.24) is 15.1 Å². The molecule has 2 fully saturated rings. The summed E-state index contributed by atoms with van der Waals surface area (Å²) in [6, 6.07) is 10.4. The van der Waals surface area contributed by atoms with Crippen LogP contribution in [0.15, 0.2) is 40.2 Å². The molecule has 2 saturated heterocycles. The molecule has 1 N–H and O–H groups in total. The Morgan fingerprint density at radius 2 is 2.00 bits per heavy atom. The molecular formula is C22H35IN4O3S. The average Bonchev–Trinajstić information content (AvgIpc) is 3.21. The van der Waals surface area contributed by atoms with Gasteiger partial charge in [-0.15, -0.1) is 35.7 Å². The minimum atomic E-state index is -0.521. The number of rotatable bonds is 7. The van der Waals surface area contributed by atoms with Gasteiger partial charge in [-0.2, -0.15) is 0 Å². The third kappa shape index (κ3) is 7.80. The van der Waals surface area contributed by atoms with Crippen LogP contribution in [0, 0.1) is 5.92 Å². The van der Waals surface area contributed by atoms with Crippen molar-refractivity contribution >= 4 is 47.6 Å². The molecular weight excluding hydrogens is 527 g/mol. The van der Waals surface area contributed by atoms with Crippen LogP contribution in [0.3, 0.4) is 0 Å². The number of likely N-dealkylation sites (N-methyl/N-ethyl adjacent to an activating group) is 1. The molecule has 1 aromatic carbocycles. The van der Waals surface area contributed by atoms with E-state index in [0.29, 0.717) is 13.2 Å². The number of likely N-dealkylation sites (tertiary alicyclic amines) is 1. The van der Waals surface area contributed by atoms with Crippen molar-refractivity contribution in [2.75, 3.05) is 59.2 Å². The predicted octanol–water partition coefficient (Wildman–Crippen LogP) is 2.91. The maximum Gasteiger partial charge on any atom is 0.243 e. The van der Waals surface area contributed by atoms with E-state index in [9.17, 15) is 4.79 Å². The standard InChI is InChI=1S/C22H34N4O3S.HI/c1-22(28-13-14-29-22)18-8-7-12-26(17-18)21(24-16-20(27)25(2)3)23-11-15-30-19-9-5-4-6-10-19;/h4-6,9-10,18H,7-8,11-17H2,1-3H3,(H,23,24);1H. The number of thioether (sulfide) groups is 1. The van der Waals surface area contributed by atoms with Gasteiger partial charge in [-0.05, 0) is 31.9 Å². The number of hydrogen-bond donors (Lipinski definition) is 1. The van der Waals surface area contributed by atoms with Gasteiger partial charge in [-0.25, -0.2) is 4.99 Å². The van der Waals surface area contributed by atoms with E-state index in [1.54, 1.807) is 19.0 Å². The smallest absolute Gasteiger partial charge is 0.243 e. The first kappa shape index (κ1) is 26.2. The largest absolute Gasteiger partial charge is 0.355 e. The Hall–Kier alpha value is -1.04. The topological polar surface area (TPSA) is 66.4 Å². The Balaban J connectivity index is 0.00000341. The highest BCUT2D eigenvalue weighted by molar-refractivity contribution is 14.0. The fraction of sp³-hybridized carbons (Fsp3) is 0.636. The SMILES string of the molecule is CN(C)C(=O)CN=C(NCCSc1ccccc1)N1CCCC(C2(C)OCCO2)C1.I. The highest BCUT2D eigenvalue weighted by atomic mass is 127. The summed E-state index contributed by atoms with van der Waals surface area (Å²) >= 11 is 1.81. The van der Waals surface area contributed by atoms with Crippen LogP contribution in [0.2, 0.25) is 0 Å². The number of nitrogens with zero attached hydrogens (tertiary/aromatic N) is 3. The van der Waals surface area contributed by atoms with Gasteiger partial charge in [0.25, 0.3) is 0 Å². The van der Waals surface area contributed by atoms with Gasteiger partial charge in [-0.3, -0.25) is 4.79 Å².